The second kappa shape index (κ2) is 7.91. The van der Waals surface area contributed by atoms with Crippen LogP contribution in [0.2, 0.25) is 0 Å². The molecule has 0 aliphatic carbocycles. The molecule has 1 aliphatic heterocycles. The smallest absolute Gasteiger partial charge is 0.290 e. The summed E-state index contributed by atoms with van der Waals surface area (Å²) >= 11 is 0. The van der Waals surface area contributed by atoms with Crippen molar-refractivity contribution in [2.75, 3.05) is 11.5 Å². The molecular formula is C24H27NO4S. The van der Waals surface area contributed by atoms with Crippen molar-refractivity contribution >= 4 is 26.7 Å². The molecule has 1 saturated heterocycles. The summed E-state index contributed by atoms with van der Waals surface area (Å²) in [6, 6.07) is 15.4. The van der Waals surface area contributed by atoms with Crippen molar-refractivity contribution in [1.29, 1.82) is 0 Å². The van der Waals surface area contributed by atoms with Gasteiger partial charge in [0.2, 0.25) is 0 Å². The SMILES string of the molecule is Cc1c(C(=O)N(Cc2ccc(C(C)C)cc2)[C@H]2CCS(=O)(=O)C2)oc2ccccc12. The van der Waals surface area contributed by atoms with Crippen LogP contribution in [0.25, 0.3) is 11.0 Å². The highest BCUT2D eigenvalue weighted by Gasteiger charge is 2.36. The van der Waals surface area contributed by atoms with Crippen molar-refractivity contribution in [3.63, 3.8) is 0 Å². The molecule has 1 aliphatic rings. The summed E-state index contributed by atoms with van der Waals surface area (Å²) in [7, 11) is -3.13. The van der Waals surface area contributed by atoms with Crippen molar-refractivity contribution in [2.45, 2.75) is 45.7 Å². The summed E-state index contributed by atoms with van der Waals surface area (Å²) < 4.78 is 30.1. The molecule has 0 N–H and O–H groups in total. The second-order valence-electron chi connectivity index (χ2n) is 8.44. The van der Waals surface area contributed by atoms with Crippen molar-refractivity contribution in [3.8, 4) is 0 Å². The van der Waals surface area contributed by atoms with Gasteiger partial charge < -0.3 is 9.32 Å². The Morgan fingerprint density at radius 3 is 2.43 bits per heavy atom. The van der Waals surface area contributed by atoms with E-state index in [1.807, 2.05) is 43.3 Å². The van der Waals surface area contributed by atoms with Crippen LogP contribution in [-0.2, 0) is 16.4 Å². The van der Waals surface area contributed by atoms with Gasteiger partial charge in [-0.3, -0.25) is 4.79 Å². The third-order valence-corrected chi connectivity index (χ3v) is 7.70. The third-order valence-electron chi connectivity index (χ3n) is 5.95. The Morgan fingerprint density at radius 2 is 1.83 bits per heavy atom. The molecule has 0 saturated carbocycles. The minimum absolute atomic E-state index is 0.00208. The maximum Gasteiger partial charge on any atom is 0.290 e. The van der Waals surface area contributed by atoms with Gasteiger partial charge in [-0.25, -0.2) is 8.42 Å². The van der Waals surface area contributed by atoms with Crippen LogP contribution in [0.4, 0.5) is 0 Å². The molecule has 1 aromatic heterocycles. The molecule has 1 amide bonds. The topological polar surface area (TPSA) is 67.6 Å². The summed E-state index contributed by atoms with van der Waals surface area (Å²) in [6.07, 6.45) is 0.456. The lowest BCUT2D eigenvalue weighted by atomic mass is 10.0. The molecule has 1 fully saturated rings. The molecule has 158 valence electrons. The first kappa shape index (κ1) is 20.7. The van der Waals surface area contributed by atoms with Crippen LogP contribution < -0.4 is 0 Å². The number of nitrogens with zero attached hydrogens (tertiary/aromatic N) is 1. The van der Waals surface area contributed by atoms with Gasteiger partial charge in [-0.15, -0.1) is 0 Å². The van der Waals surface area contributed by atoms with Crippen molar-refractivity contribution in [3.05, 3.63) is 71.0 Å². The fourth-order valence-electron chi connectivity index (χ4n) is 4.10. The number of carbonyl (C=O) groups excluding carboxylic acids is 1. The number of furan rings is 1. The van der Waals surface area contributed by atoms with E-state index in [2.05, 4.69) is 26.0 Å². The molecule has 5 nitrogen and oxygen atoms in total. The molecule has 0 bridgehead atoms. The van der Waals surface area contributed by atoms with E-state index in [0.717, 1.165) is 16.5 Å². The Balaban J connectivity index is 1.69. The molecule has 2 heterocycles. The van der Waals surface area contributed by atoms with E-state index in [4.69, 9.17) is 4.42 Å². The fraction of sp³-hybridized carbons (Fsp3) is 0.375. The summed E-state index contributed by atoms with van der Waals surface area (Å²) in [5.74, 6) is 0.586. The Bertz CT molecular complexity index is 1180. The fourth-order valence-corrected chi connectivity index (χ4v) is 5.83. The lowest BCUT2D eigenvalue weighted by Gasteiger charge is -2.28. The zero-order valence-electron chi connectivity index (χ0n) is 17.6. The predicted molar refractivity (Wildman–Crippen MR) is 118 cm³/mol. The standard InChI is InChI=1S/C24H27NO4S/c1-16(2)19-10-8-18(9-11-19)14-25(20-12-13-30(27,28)15-20)24(26)23-17(3)21-6-4-5-7-22(21)29-23/h4-11,16,20H,12-15H2,1-3H3/t20-/m0/s1. The Hall–Kier alpha value is -2.60. The highest BCUT2D eigenvalue weighted by Crippen LogP contribution is 2.29. The van der Waals surface area contributed by atoms with Crippen LogP contribution in [0.1, 0.15) is 53.4 Å². The number of fused-ring (bicyclic) bond motifs is 1. The van der Waals surface area contributed by atoms with Gasteiger partial charge in [0.1, 0.15) is 5.58 Å². The molecule has 1 atom stereocenters. The van der Waals surface area contributed by atoms with E-state index in [0.29, 0.717) is 30.2 Å². The van der Waals surface area contributed by atoms with Gasteiger partial charge in [-0.2, -0.15) is 0 Å². The first-order valence-corrected chi connectivity index (χ1v) is 12.2. The molecule has 4 rings (SSSR count). The maximum atomic E-state index is 13.6. The summed E-state index contributed by atoms with van der Waals surface area (Å²) in [6.45, 7) is 6.51. The molecule has 3 aromatic rings. The zero-order chi connectivity index (χ0) is 21.5. The lowest BCUT2D eigenvalue weighted by molar-refractivity contribution is 0.0649. The molecule has 0 radical (unpaired) electrons. The summed E-state index contributed by atoms with van der Waals surface area (Å²) in [5.41, 5.74) is 3.66. The number of para-hydroxylation sites is 1. The summed E-state index contributed by atoms with van der Waals surface area (Å²) in [5, 5.41) is 0.904. The average Bonchev–Trinajstić information content (AvgIpc) is 3.25. The quantitative estimate of drug-likeness (QED) is 0.595. The van der Waals surface area contributed by atoms with E-state index < -0.39 is 9.84 Å². The van der Waals surface area contributed by atoms with Gasteiger partial charge in [0.05, 0.1) is 11.5 Å². The monoisotopic (exact) mass is 425 g/mol. The number of rotatable bonds is 5. The maximum absolute atomic E-state index is 13.6. The van der Waals surface area contributed by atoms with Crippen LogP contribution in [0.5, 0.6) is 0 Å². The van der Waals surface area contributed by atoms with Gasteiger partial charge in [0.15, 0.2) is 15.6 Å². The molecule has 30 heavy (non-hydrogen) atoms. The van der Waals surface area contributed by atoms with E-state index in [1.165, 1.54) is 5.56 Å². The molecular weight excluding hydrogens is 398 g/mol. The largest absolute Gasteiger partial charge is 0.451 e. The normalized spacial score (nSPS) is 18.2. The highest BCUT2D eigenvalue weighted by atomic mass is 32.2. The molecule has 0 spiro atoms. The summed E-state index contributed by atoms with van der Waals surface area (Å²) in [4.78, 5) is 15.2. The van der Waals surface area contributed by atoms with Gasteiger partial charge in [-0.1, -0.05) is 56.3 Å². The van der Waals surface area contributed by atoms with Crippen LogP contribution in [-0.4, -0.2) is 36.8 Å². The number of amides is 1. The van der Waals surface area contributed by atoms with Gasteiger partial charge in [0.25, 0.3) is 5.91 Å². The molecule has 0 unspecified atom stereocenters. The number of benzene rings is 2. The first-order valence-electron chi connectivity index (χ1n) is 10.3. The minimum atomic E-state index is -3.13. The number of carbonyl (C=O) groups is 1. The van der Waals surface area contributed by atoms with Crippen LogP contribution in [0, 0.1) is 6.92 Å². The van der Waals surface area contributed by atoms with Crippen molar-refractivity contribution in [2.24, 2.45) is 0 Å². The molecule has 2 aromatic carbocycles. The molecule has 6 heteroatoms. The van der Waals surface area contributed by atoms with Crippen LogP contribution >= 0.6 is 0 Å². The Labute approximate surface area is 177 Å². The Morgan fingerprint density at radius 1 is 1.13 bits per heavy atom. The number of hydrogen-bond donors (Lipinski definition) is 0. The zero-order valence-corrected chi connectivity index (χ0v) is 18.4. The van der Waals surface area contributed by atoms with E-state index in [-0.39, 0.29) is 23.5 Å². The van der Waals surface area contributed by atoms with E-state index in [1.54, 1.807) is 4.90 Å². The van der Waals surface area contributed by atoms with Gasteiger partial charge in [0, 0.05) is 23.5 Å². The Kier molecular flexibility index (Phi) is 5.45. The van der Waals surface area contributed by atoms with E-state index in [9.17, 15) is 13.2 Å². The number of aryl methyl sites for hydroxylation is 1. The second-order valence-corrected chi connectivity index (χ2v) is 10.7. The number of hydrogen-bond acceptors (Lipinski definition) is 4. The third kappa shape index (κ3) is 4.01. The first-order chi connectivity index (χ1) is 14.2. The van der Waals surface area contributed by atoms with Crippen molar-refractivity contribution < 1.29 is 17.6 Å². The van der Waals surface area contributed by atoms with E-state index >= 15 is 0 Å². The lowest BCUT2D eigenvalue weighted by Crippen LogP contribution is -2.40. The van der Waals surface area contributed by atoms with Gasteiger partial charge in [-0.05, 0) is 36.5 Å². The van der Waals surface area contributed by atoms with Crippen molar-refractivity contribution in [1.82, 2.24) is 4.90 Å². The number of sulfone groups is 1. The van der Waals surface area contributed by atoms with Crippen LogP contribution in [0.15, 0.2) is 52.9 Å². The van der Waals surface area contributed by atoms with Gasteiger partial charge >= 0.3 is 0 Å². The predicted octanol–water partition coefficient (Wildman–Crippen LogP) is 4.69. The minimum Gasteiger partial charge on any atom is -0.451 e. The highest BCUT2D eigenvalue weighted by molar-refractivity contribution is 7.91. The average molecular weight is 426 g/mol. The van der Waals surface area contributed by atoms with Crippen LogP contribution in [0.3, 0.4) is 0 Å².